The van der Waals surface area contributed by atoms with Gasteiger partial charge in [0.1, 0.15) is 0 Å². The Morgan fingerprint density at radius 2 is 2.33 bits per heavy atom. The Morgan fingerprint density at radius 1 is 1.67 bits per heavy atom. The first-order chi connectivity index (χ1) is 2.91. The van der Waals surface area contributed by atoms with Crippen LogP contribution in [0.2, 0.25) is 0 Å². The molecule has 0 N–H and O–H groups in total. The van der Waals surface area contributed by atoms with Gasteiger partial charge in [-0.05, 0) is 12.5 Å². The molecule has 0 aliphatic rings. The van der Waals surface area contributed by atoms with Crippen LogP contribution in [-0.2, 0) is 0 Å². The smallest absolute Gasteiger partial charge is 0.0601 e. The van der Waals surface area contributed by atoms with E-state index in [1.807, 2.05) is 12.2 Å². The second kappa shape index (κ2) is 4.39. The van der Waals surface area contributed by atoms with Crippen molar-refractivity contribution in [1.29, 1.82) is 0 Å². The Labute approximate surface area is 39.2 Å². The van der Waals surface area contributed by atoms with Gasteiger partial charge in [0.15, 0.2) is 6.08 Å². The van der Waals surface area contributed by atoms with Crippen LogP contribution >= 0.6 is 0 Å². The molecule has 32 valence electrons. The lowest BCUT2D eigenvalue weighted by Crippen LogP contribution is -1.46. The van der Waals surface area contributed by atoms with Crippen LogP contribution in [0.25, 0.3) is 0 Å². The largest absolute Gasteiger partial charge is 0.151 e. The minimum atomic E-state index is 1.06. The van der Waals surface area contributed by atoms with Gasteiger partial charge in [0.05, 0.1) is 6.08 Å². The van der Waals surface area contributed by atoms with Crippen molar-refractivity contribution in [2.24, 2.45) is 0 Å². The van der Waals surface area contributed by atoms with Crippen LogP contribution in [0, 0.1) is 6.58 Å². The minimum Gasteiger partial charge on any atom is -0.0601 e. The average Bonchev–Trinajstić information content (AvgIpc) is 1.61. The van der Waals surface area contributed by atoms with Crippen molar-refractivity contribution in [2.75, 3.05) is 0 Å². The summed E-state index contributed by atoms with van der Waals surface area (Å²) in [6, 6.07) is 0. The first-order valence-corrected chi connectivity index (χ1v) is 2.12. The predicted molar refractivity (Wildman–Crippen MR) is 28.3 cm³/mol. The lowest BCUT2D eigenvalue weighted by Gasteiger charge is -1.59. The third-order valence-electron chi connectivity index (χ3n) is 0.483. The maximum absolute atomic E-state index is 5.00. The van der Waals surface area contributed by atoms with Gasteiger partial charge in [0.25, 0.3) is 0 Å². The molecule has 0 amide bonds. The summed E-state index contributed by atoms with van der Waals surface area (Å²) in [5, 5.41) is 0. The molecule has 0 saturated heterocycles. The maximum atomic E-state index is 5.00. The highest BCUT2D eigenvalue weighted by Gasteiger charge is 1.64. The summed E-state index contributed by atoms with van der Waals surface area (Å²) in [6.45, 7) is 7.07. The topological polar surface area (TPSA) is 0 Å². The lowest BCUT2D eigenvalue weighted by molar-refractivity contribution is 1.22. The van der Waals surface area contributed by atoms with Crippen LogP contribution in [0.1, 0.15) is 13.3 Å². The zero-order valence-electron chi connectivity index (χ0n) is 4.02. The van der Waals surface area contributed by atoms with Gasteiger partial charge in [-0.1, -0.05) is 6.92 Å². The number of allylic oxidation sites excluding steroid dienone is 3. The summed E-state index contributed by atoms with van der Waals surface area (Å²) < 4.78 is 0. The summed E-state index contributed by atoms with van der Waals surface area (Å²) in [7, 11) is 0. The highest BCUT2D eigenvalue weighted by atomic mass is 13.6. The summed E-state index contributed by atoms with van der Waals surface area (Å²) in [4.78, 5) is 0. The Kier molecular flexibility index (Phi) is 3.94. The van der Waals surface area contributed by atoms with E-state index in [2.05, 4.69) is 6.92 Å². The van der Waals surface area contributed by atoms with E-state index in [1.165, 1.54) is 6.08 Å². The second-order valence-corrected chi connectivity index (χ2v) is 1.03. The van der Waals surface area contributed by atoms with E-state index >= 15 is 0 Å². The molecule has 0 aromatic carbocycles. The number of hydrogen-bond donors (Lipinski definition) is 0. The molecule has 0 aromatic rings. The summed E-state index contributed by atoms with van der Waals surface area (Å²) in [5.41, 5.74) is 0. The van der Waals surface area contributed by atoms with E-state index < -0.39 is 0 Å². The van der Waals surface area contributed by atoms with Crippen LogP contribution in [0.3, 0.4) is 0 Å². The van der Waals surface area contributed by atoms with Crippen LogP contribution in [0.15, 0.2) is 18.2 Å². The van der Waals surface area contributed by atoms with E-state index in [0.29, 0.717) is 0 Å². The van der Waals surface area contributed by atoms with E-state index in [0.717, 1.165) is 6.42 Å². The van der Waals surface area contributed by atoms with Crippen molar-refractivity contribution < 1.29 is 0 Å². The van der Waals surface area contributed by atoms with Gasteiger partial charge < -0.3 is 0 Å². The van der Waals surface area contributed by atoms with E-state index in [-0.39, 0.29) is 0 Å². The first-order valence-electron chi connectivity index (χ1n) is 2.12. The molecular weight excluding hydrogens is 72.1 g/mol. The molecule has 0 aromatic heterocycles. The molecule has 6 heavy (non-hydrogen) atoms. The summed E-state index contributed by atoms with van der Waals surface area (Å²) in [6.07, 6.45) is 6.43. The van der Waals surface area contributed by atoms with Gasteiger partial charge in [0, 0.05) is 6.58 Å². The highest BCUT2D eigenvalue weighted by molar-refractivity contribution is 4.94. The molecule has 0 aliphatic heterocycles. The van der Waals surface area contributed by atoms with E-state index in [9.17, 15) is 0 Å². The third kappa shape index (κ3) is 3.39. The lowest BCUT2D eigenvalue weighted by atomic mass is 10.4. The monoisotopic (exact) mass is 81.1 g/mol. The molecule has 0 saturated carbocycles. The molecule has 0 nitrogen and oxygen atoms in total. The molecule has 0 atom stereocenters. The Bertz CT molecular complexity index is 51.1. The predicted octanol–water partition coefficient (Wildman–Crippen LogP) is 1.94. The fourth-order valence-electron chi connectivity index (χ4n) is 0.215. The first kappa shape index (κ1) is 5.39. The van der Waals surface area contributed by atoms with Crippen LogP contribution in [0.5, 0.6) is 0 Å². The van der Waals surface area contributed by atoms with Gasteiger partial charge in [-0.2, -0.15) is 0 Å². The van der Waals surface area contributed by atoms with E-state index in [4.69, 9.17) is 6.58 Å². The molecular formula is C6H9+. The zero-order chi connectivity index (χ0) is 4.83. The molecule has 0 heterocycles. The summed E-state index contributed by atoms with van der Waals surface area (Å²) in [5.74, 6) is 0. The van der Waals surface area contributed by atoms with Gasteiger partial charge in [-0.25, -0.2) is 0 Å². The number of hydrogen-bond acceptors (Lipinski definition) is 0. The van der Waals surface area contributed by atoms with Crippen molar-refractivity contribution in [3.05, 3.63) is 24.8 Å². The van der Waals surface area contributed by atoms with Crippen molar-refractivity contribution in [3.8, 4) is 0 Å². The SMILES string of the molecule is [CH+]=C/C=C/CC. The van der Waals surface area contributed by atoms with Gasteiger partial charge in [-0.15, -0.1) is 0 Å². The molecule has 0 fully saturated rings. The fraction of sp³-hybridized carbons (Fsp3) is 0.333. The third-order valence-corrected chi connectivity index (χ3v) is 0.483. The quantitative estimate of drug-likeness (QED) is 0.352. The normalized spacial score (nSPS) is 9.33. The molecule has 0 heteroatoms. The van der Waals surface area contributed by atoms with Crippen LogP contribution in [-0.4, -0.2) is 0 Å². The maximum Gasteiger partial charge on any atom is 0.151 e. The number of rotatable bonds is 2. The van der Waals surface area contributed by atoms with Gasteiger partial charge >= 0.3 is 0 Å². The average molecular weight is 81.1 g/mol. The zero-order valence-corrected chi connectivity index (χ0v) is 4.02. The minimum absolute atomic E-state index is 1.06. The summed E-state index contributed by atoms with van der Waals surface area (Å²) >= 11 is 0. The van der Waals surface area contributed by atoms with Crippen LogP contribution < -0.4 is 0 Å². The molecule has 0 bridgehead atoms. The molecule has 0 rings (SSSR count). The Hall–Kier alpha value is -0.610. The van der Waals surface area contributed by atoms with Crippen molar-refractivity contribution in [2.45, 2.75) is 13.3 Å². The van der Waals surface area contributed by atoms with E-state index in [1.54, 1.807) is 0 Å². The van der Waals surface area contributed by atoms with Crippen molar-refractivity contribution in [3.63, 3.8) is 0 Å². The Balaban J connectivity index is 2.94. The Morgan fingerprint density at radius 3 is 2.50 bits per heavy atom. The van der Waals surface area contributed by atoms with Crippen LogP contribution in [0.4, 0.5) is 0 Å². The van der Waals surface area contributed by atoms with Gasteiger partial charge in [-0.3, -0.25) is 0 Å². The molecule has 0 spiro atoms. The molecule has 0 radical (unpaired) electrons. The fourth-order valence-corrected chi connectivity index (χ4v) is 0.215. The standard InChI is InChI=1S/C6H9/c1-3-5-6-4-2/h1,3,5-6H,4H2,2H3/q+1/b6-5+. The van der Waals surface area contributed by atoms with Gasteiger partial charge in [0.2, 0.25) is 0 Å². The highest BCUT2D eigenvalue weighted by Crippen LogP contribution is 1.76. The molecule has 0 unspecified atom stereocenters. The van der Waals surface area contributed by atoms with Crippen molar-refractivity contribution in [1.82, 2.24) is 0 Å². The molecule has 0 aliphatic carbocycles. The van der Waals surface area contributed by atoms with Crippen molar-refractivity contribution >= 4 is 0 Å². The second-order valence-electron chi connectivity index (χ2n) is 1.03.